The predicted molar refractivity (Wildman–Crippen MR) is 71.2 cm³/mol. The van der Waals surface area contributed by atoms with Crippen LogP contribution >= 0.6 is 11.6 Å². The summed E-state index contributed by atoms with van der Waals surface area (Å²) < 4.78 is 0. The molecule has 0 spiro atoms. The van der Waals surface area contributed by atoms with Crippen LogP contribution in [0.1, 0.15) is 43.1 Å². The molecule has 0 bridgehead atoms. The van der Waals surface area contributed by atoms with Crippen molar-refractivity contribution in [1.82, 2.24) is 4.98 Å². The Morgan fingerprint density at radius 1 is 1.50 bits per heavy atom. The van der Waals surface area contributed by atoms with Crippen LogP contribution in [0.3, 0.4) is 0 Å². The third-order valence-electron chi connectivity index (χ3n) is 3.34. The Morgan fingerprint density at radius 2 is 2.28 bits per heavy atom. The zero-order valence-electron chi connectivity index (χ0n) is 10.3. The van der Waals surface area contributed by atoms with Crippen LogP contribution in [-0.2, 0) is 0 Å². The van der Waals surface area contributed by atoms with E-state index in [1.165, 1.54) is 12.8 Å². The van der Waals surface area contributed by atoms with Gasteiger partial charge in [-0.05, 0) is 30.9 Å². The van der Waals surface area contributed by atoms with E-state index in [1.54, 1.807) is 12.1 Å². The Morgan fingerprint density at radius 3 is 2.94 bits per heavy atom. The third-order valence-corrected chi connectivity index (χ3v) is 3.64. The van der Waals surface area contributed by atoms with E-state index in [-0.39, 0.29) is 10.7 Å². The van der Waals surface area contributed by atoms with Crippen molar-refractivity contribution < 1.29 is 9.90 Å². The Balaban J connectivity index is 2.09. The van der Waals surface area contributed by atoms with E-state index in [1.807, 2.05) is 0 Å². The lowest BCUT2D eigenvalue weighted by molar-refractivity contribution is 0.0691. The topological polar surface area (TPSA) is 62.2 Å². The fourth-order valence-corrected chi connectivity index (χ4v) is 2.63. The molecular weight excluding hydrogens is 252 g/mol. The monoisotopic (exact) mass is 268 g/mol. The van der Waals surface area contributed by atoms with Crippen LogP contribution in [0.2, 0.25) is 5.02 Å². The first-order chi connectivity index (χ1) is 8.56. The van der Waals surface area contributed by atoms with E-state index in [0.29, 0.717) is 17.8 Å². The lowest BCUT2D eigenvalue weighted by Crippen LogP contribution is -2.26. The van der Waals surface area contributed by atoms with Gasteiger partial charge in [0.25, 0.3) is 0 Å². The molecule has 2 unspecified atom stereocenters. The molecule has 1 saturated carbocycles. The van der Waals surface area contributed by atoms with Crippen molar-refractivity contribution in [2.75, 3.05) is 5.32 Å². The largest absolute Gasteiger partial charge is 0.476 e. The van der Waals surface area contributed by atoms with E-state index >= 15 is 0 Å². The summed E-state index contributed by atoms with van der Waals surface area (Å²) in [5, 5.41) is 12.4. The van der Waals surface area contributed by atoms with Crippen LogP contribution in [0.4, 0.5) is 5.82 Å². The highest BCUT2D eigenvalue weighted by Crippen LogP contribution is 2.26. The maximum absolute atomic E-state index is 10.9. The molecule has 2 rings (SSSR count). The maximum Gasteiger partial charge on any atom is 0.356 e. The quantitative estimate of drug-likeness (QED) is 0.882. The van der Waals surface area contributed by atoms with E-state index < -0.39 is 5.97 Å². The van der Waals surface area contributed by atoms with Gasteiger partial charge in [0, 0.05) is 6.04 Å². The zero-order valence-corrected chi connectivity index (χ0v) is 11.1. The number of aromatic nitrogens is 1. The molecule has 0 radical (unpaired) electrons. The average molecular weight is 269 g/mol. The Labute approximate surface area is 111 Å². The minimum absolute atomic E-state index is 0.0921. The molecule has 0 amide bonds. The molecule has 2 N–H and O–H groups in total. The van der Waals surface area contributed by atoms with Crippen molar-refractivity contribution in [3.05, 3.63) is 22.8 Å². The molecule has 1 aromatic rings. The summed E-state index contributed by atoms with van der Waals surface area (Å²) in [6, 6.07) is 3.68. The summed E-state index contributed by atoms with van der Waals surface area (Å²) >= 11 is 5.79. The SMILES string of the molecule is CC1CCCC(Nc2ccc(Cl)c(C(=O)O)n2)C1. The fraction of sp³-hybridized carbons (Fsp3) is 0.538. The van der Waals surface area contributed by atoms with Gasteiger partial charge in [-0.25, -0.2) is 9.78 Å². The van der Waals surface area contributed by atoms with Gasteiger partial charge in [0.05, 0.1) is 5.02 Å². The fourth-order valence-electron chi connectivity index (χ4n) is 2.45. The summed E-state index contributed by atoms with van der Waals surface area (Å²) in [4.78, 5) is 15.0. The molecule has 4 nitrogen and oxygen atoms in total. The van der Waals surface area contributed by atoms with Crippen LogP contribution < -0.4 is 5.32 Å². The highest BCUT2D eigenvalue weighted by molar-refractivity contribution is 6.33. The van der Waals surface area contributed by atoms with Gasteiger partial charge in [-0.1, -0.05) is 31.4 Å². The number of hydrogen-bond donors (Lipinski definition) is 2. The molecule has 1 aliphatic carbocycles. The molecule has 0 aliphatic heterocycles. The van der Waals surface area contributed by atoms with Crippen LogP contribution in [0.5, 0.6) is 0 Å². The number of nitrogens with one attached hydrogen (secondary N) is 1. The van der Waals surface area contributed by atoms with E-state index in [2.05, 4.69) is 17.2 Å². The van der Waals surface area contributed by atoms with Gasteiger partial charge in [-0.2, -0.15) is 0 Å². The molecule has 1 aromatic heterocycles. The van der Waals surface area contributed by atoms with Gasteiger partial charge in [0.2, 0.25) is 0 Å². The molecule has 0 aromatic carbocycles. The number of nitrogens with zero attached hydrogens (tertiary/aromatic N) is 1. The van der Waals surface area contributed by atoms with Gasteiger partial charge in [0.1, 0.15) is 5.82 Å². The molecule has 98 valence electrons. The van der Waals surface area contributed by atoms with Gasteiger partial charge in [-0.15, -0.1) is 0 Å². The predicted octanol–water partition coefficient (Wildman–Crippen LogP) is 3.42. The van der Waals surface area contributed by atoms with Gasteiger partial charge >= 0.3 is 5.97 Å². The maximum atomic E-state index is 10.9. The first kappa shape index (κ1) is 13.1. The molecule has 1 fully saturated rings. The Bertz CT molecular complexity index is 451. The minimum atomic E-state index is -1.10. The molecular formula is C13H17ClN2O2. The van der Waals surface area contributed by atoms with Crippen molar-refractivity contribution in [2.24, 2.45) is 5.92 Å². The van der Waals surface area contributed by atoms with E-state index in [4.69, 9.17) is 16.7 Å². The average Bonchev–Trinajstić information content (AvgIpc) is 2.31. The van der Waals surface area contributed by atoms with E-state index in [9.17, 15) is 4.79 Å². The number of carbonyl (C=O) groups is 1. The number of anilines is 1. The lowest BCUT2D eigenvalue weighted by atomic mass is 9.87. The highest BCUT2D eigenvalue weighted by atomic mass is 35.5. The smallest absolute Gasteiger partial charge is 0.356 e. The molecule has 0 saturated heterocycles. The number of carboxylic acid groups (broad SMARTS) is 1. The van der Waals surface area contributed by atoms with Crippen molar-refractivity contribution in [2.45, 2.75) is 38.6 Å². The first-order valence-corrected chi connectivity index (χ1v) is 6.60. The summed E-state index contributed by atoms with van der Waals surface area (Å²) in [6.45, 7) is 2.24. The Hall–Kier alpha value is -1.29. The number of halogens is 1. The van der Waals surface area contributed by atoms with E-state index in [0.717, 1.165) is 12.8 Å². The Kier molecular flexibility index (Phi) is 4.07. The number of carboxylic acids is 1. The third kappa shape index (κ3) is 3.13. The second-order valence-electron chi connectivity index (χ2n) is 4.95. The van der Waals surface area contributed by atoms with Crippen LogP contribution in [0, 0.1) is 5.92 Å². The van der Waals surface area contributed by atoms with Crippen LogP contribution in [0.25, 0.3) is 0 Å². The minimum Gasteiger partial charge on any atom is -0.476 e. The number of rotatable bonds is 3. The van der Waals surface area contributed by atoms with Crippen molar-refractivity contribution in [1.29, 1.82) is 0 Å². The second-order valence-corrected chi connectivity index (χ2v) is 5.35. The molecule has 2 atom stereocenters. The zero-order chi connectivity index (χ0) is 13.1. The number of hydrogen-bond acceptors (Lipinski definition) is 3. The van der Waals surface area contributed by atoms with Crippen LogP contribution in [-0.4, -0.2) is 22.1 Å². The molecule has 5 heteroatoms. The summed E-state index contributed by atoms with van der Waals surface area (Å²) in [5.74, 6) is 0.207. The van der Waals surface area contributed by atoms with Crippen molar-refractivity contribution in [3.8, 4) is 0 Å². The number of aromatic carboxylic acids is 1. The van der Waals surface area contributed by atoms with Crippen molar-refractivity contribution in [3.63, 3.8) is 0 Å². The summed E-state index contributed by atoms with van der Waals surface area (Å²) in [7, 11) is 0. The molecule has 1 aliphatic rings. The normalized spacial score (nSPS) is 23.7. The van der Waals surface area contributed by atoms with Gasteiger partial charge in [0.15, 0.2) is 5.69 Å². The first-order valence-electron chi connectivity index (χ1n) is 6.22. The lowest BCUT2D eigenvalue weighted by Gasteiger charge is -2.27. The molecule has 18 heavy (non-hydrogen) atoms. The van der Waals surface area contributed by atoms with Gasteiger partial charge in [-0.3, -0.25) is 0 Å². The summed E-state index contributed by atoms with van der Waals surface area (Å²) in [6.07, 6.45) is 4.69. The van der Waals surface area contributed by atoms with Crippen molar-refractivity contribution >= 4 is 23.4 Å². The van der Waals surface area contributed by atoms with Gasteiger partial charge < -0.3 is 10.4 Å². The molecule has 1 heterocycles. The van der Waals surface area contributed by atoms with Crippen LogP contribution in [0.15, 0.2) is 12.1 Å². The second kappa shape index (κ2) is 5.57. The number of pyridine rings is 1. The summed E-state index contributed by atoms with van der Waals surface area (Å²) in [5.41, 5.74) is -0.0921. The highest BCUT2D eigenvalue weighted by Gasteiger charge is 2.19. The standard InChI is InChI=1S/C13H17ClN2O2/c1-8-3-2-4-9(7-8)15-11-6-5-10(14)12(16-11)13(17)18/h5-6,8-9H,2-4,7H2,1H3,(H,15,16)(H,17,18).